The monoisotopic (exact) mass is 305 g/mol. The Morgan fingerprint density at radius 3 is 1.73 bits per heavy atom. The number of carbonyl (C=O) groups excluding carboxylic acids is 1. The van der Waals surface area contributed by atoms with E-state index in [9.17, 15) is 18.0 Å². The molecule has 22 heavy (non-hydrogen) atoms. The van der Waals surface area contributed by atoms with Gasteiger partial charge in [-0.3, -0.25) is 4.79 Å². The Hall–Kier alpha value is -3.51. The van der Waals surface area contributed by atoms with Crippen molar-refractivity contribution in [3.05, 3.63) is 35.5 Å². The maximum Gasteiger partial charge on any atom is 0.471 e. The minimum absolute atomic E-state index is 0.101. The van der Waals surface area contributed by atoms with Crippen LogP contribution in [0.5, 0.6) is 0 Å². The van der Waals surface area contributed by atoms with Crippen LogP contribution >= 0.6 is 0 Å². The predicted octanol–water partition coefficient (Wildman–Crippen LogP) is 2.42. The predicted molar refractivity (Wildman–Crippen MR) is 68.6 cm³/mol. The minimum Gasteiger partial charge on any atom is -0.345 e. The molecule has 0 atom stereocenters. The van der Waals surface area contributed by atoms with Gasteiger partial charge in [-0.05, 0) is 24.3 Å². The van der Waals surface area contributed by atoms with Crippen LogP contribution in [0, 0.1) is 34.0 Å². The second-order valence-electron chi connectivity index (χ2n) is 3.74. The number of carbonyl (C=O) groups is 1. The maximum absolute atomic E-state index is 12.1. The number of alkyl halides is 3. The van der Waals surface area contributed by atoms with Gasteiger partial charge in [0.15, 0.2) is 5.57 Å². The van der Waals surface area contributed by atoms with E-state index in [4.69, 9.17) is 15.8 Å². The Labute approximate surface area is 122 Å². The van der Waals surface area contributed by atoms with Crippen molar-refractivity contribution in [1.82, 2.24) is 0 Å². The summed E-state index contributed by atoms with van der Waals surface area (Å²) in [5.41, 5.74) is -0.574. The first-order valence-corrected chi connectivity index (χ1v) is 5.51. The highest BCUT2D eigenvalue weighted by molar-refractivity contribution is 5.95. The van der Waals surface area contributed by atoms with Gasteiger partial charge in [-0.15, -0.1) is 0 Å². The van der Waals surface area contributed by atoms with Crippen molar-refractivity contribution in [3.63, 3.8) is 0 Å². The topological polar surface area (TPSA) is 112 Å². The van der Waals surface area contributed by atoms with Gasteiger partial charge in [0.05, 0.1) is 0 Å². The molecule has 1 aromatic rings. The lowest BCUT2D eigenvalue weighted by atomic mass is 10.2. The SMILES string of the molecule is N#CC(C#N)=C(C#N)Nc1ccc(NC(=O)C(F)(F)F)cc1. The summed E-state index contributed by atoms with van der Waals surface area (Å²) in [6.07, 6.45) is -5.00. The van der Waals surface area contributed by atoms with Crippen LogP contribution in [0.25, 0.3) is 0 Å². The van der Waals surface area contributed by atoms with E-state index in [-0.39, 0.29) is 17.1 Å². The van der Waals surface area contributed by atoms with Gasteiger partial charge in [0.1, 0.15) is 23.9 Å². The normalized spacial score (nSPS) is 9.64. The van der Waals surface area contributed by atoms with Crippen molar-refractivity contribution < 1.29 is 18.0 Å². The van der Waals surface area contributed by atoms with Crippen LogP contribution in [-0.2, 0) is 4.79 Å². The van der Waals surface area contributed by atoms with Gasteiger partial charge in [0, 0.05) is 11.4 Å². The molecule has 0 spiro atoms. The van der Waals surface area contributed by atoms with E-state index in [2.05, 4.69) is 5.32 Å². The summed E-state index contributed by atoms with van der Waals surface area (Å²) in [7, 11) is 0. The standard InChI is InChI=1S/C13H6F3N5O/c14-13(15,16)12(22)21-10-3-1-9(2-4-10)20-11(7-19)8(5-17)6-18/h1-4,20H,(H,21,22). The van der Waals surface area contributed by atoms with Crippen molar-refractivity contribution in [2.75, 3.05) is 10.6 Å². The second-order valence-corrected chi connectivity index (χ2v) is 3.74. The number of halogens is 3. The van der Waals surface area contributed by atoms with Crippen LogP contribution in [-0.4, -0.2) is 12.1 Å². The number of allylic oxidation sites excluding steroid dienone is 2. The number of nitrogens with one attached hydrogen (secondary N) is 2. The number of hydrogen-bond donors (Lipinski definition) is 2. The molecule has 0 unspecified atom stereocenters. The van der Waals surface area contributed by atoms with Gasteiger partial charge < -0.3 is 10.6 Å². The molecule has 1 aromatic carbocycles. The summed E-state index contributed by atoms with van der Waals surface area (Å²) in [5, 5.41) is 30.3. The fourth-order valence-corrected chi connectivity index (χ4v) is 1.27. The van der Waals surface area contributed by atoms with Gasteiger partial charge in [-0.1, -0.05) is 0 Å². The average Bonchev–Trinajstić information content (AvgIpc) is 2.48. The minimum atomic E-state index is -5.00. The molecule has 110 valence electrons. The average molecular weight is 305 g/mol. The second kappa shape index (κ2) is 6.78. The smallest absolute Gasteiger partial charge is 0.345 e. The largest absolute Gasteiger partial charge is 0.471 e. The first-order chi connectivity index (χ1) is 10.3. The van der Waals surface area contributed by atoms with Crippen LogP contribution in [0.4, 0.5) is 24.5 Å². The number of nitrogens with zero attached hydrogens (tertiary/aromatic N) is 3. The summed E-state index contributed by atoms with van der Waals surface area (Å²) in [5.74, 6) is -2.11. The summed E-state index contributed by atoms with van der Waals surface area (Å²) in [4.78, 5) is 10.7. The van der Waals surface area contributed by atoms with Crippen molar-refractivity contribution in [1.29, 1.82) is 15.8 Å². The van der Waals surface area contributed by atoms with Gasteiger partial charge in [0.2, 0.25) is 0 Å². The van der Waals surface area contributed by atoms with E-state index in [1.165, 1.54) is 36.4 Å². The first-order valence-electron chi connectivity index (χ1n) is 5.51. The molecule has 0 aliphatic rings. The molecule has 0 fully saturated rings. The molecule has 0 saturated heterocycles. The molecule has 0 bridgehead atoms. The summed E-state index contributed by atoms with van der Waals surface area (Å²) >= 11 is 0. The number of amides is 1. The van der Waals surface area contributed by atoms with Crippen molar-refractivity contribution in [2.45, 2.75) is 6.18 Å². The third-order valence-corrected chi connectivity index (χ3v) is 2.25. The lowest BCUT2D eigenvalue weighted by Crippen LogP contribution is -2.29. The van der Waals surface area contributed by atoms with Crippen LogP contribution in [0.3, 0.4) is 0 Å². The Morgan fingerprint density at radius 2 is 1.36 bits per heavy atom. The van der Waals surface area contributed by atoms with Crippen molar-refractivity contribution in [2.24, 2.45) is 0 Å². The molecule has 2 N–H and O–H groups in total. The molecule has 1 rings (SSSR count). The molecule has 9 heteroatoms. The van der Waals surface area contributed by atoms with Gasteiger partial charge in [0.25, 0.3) is 0 Å². The van der Waals surface area contributed by atoms with Crippen LogP contribution in [0.2, 0.25) is 0 Å². The Kier molecular flexibility index (Phi) is 5.10. The lowest BCUT2D eigenvalue weighted by Gasteiger charge is -2.09. The number of nitriles is 3. The number of benzene rings is 1. The van der Waals surface area contributed by atoms with E-state index < -0.39 is 17.7 Å². The zero-order valence-electron chi connectivity index (χ0n) is 10.7. The number of rotatable bonds is 3. The zero-order chi connectivity index (χ0) is 16.8. The molecule has 0 aliphatic carbocycles. The van der Waals surface area contributed by atoms with Crippen LogP contribution in [0.1, 0.15) is 0 Å². The van der Waals surface area contributed by atoms with E-state index >= 15 is 0 Å². The molecule has 1 amide bonds. The van der Waals surface area contributed by atoms with E-state index in [1.807, 2.05) is 0 Å². The van der Waals surface area contributed by atoms with E-state index in [0.717, 1.165) is 0 Å². The summed E-state index contributed by atoms with van der Waals surface area (Å²) in [6, 6.07) is 9.56. The summed E-state index contributed by atoms with van der Waals surface area (Å²) < 4.78 is 36.2. The fourth-order valence-electron chi connectivity index (χ4n) is 1.27. The highest BCUT2D eigenvalue weighted by Crippen LogP contribution is 2.20. The van der Waals surface area contributed by atoms with Crippen molar-refractivity contribution in [3.8, 4) is 18.2 Å². The Bertz CT molecular complexity index is 713. The Balaban J connectivity index is 2.90. The van der Waals surface area contributed by atoms with Gasteiger partial charge in [-0.2, -0.15) is 29.0 Å². The molecule has 0 radical (unpaired) electrons. The molecule has 0 saturated carbocycles. The van der Waals surface area contributed by atoms with E-state index in [0.29, 0.717) is 0 Å². The lowest BCUT2D eigenvalue weighted by molar-refractivity contribution is -0.167. The quantitative estimate of drug-likeness (QED) is 0.833. The third-order valence-electron chi connectivity index (χ3n) is 2.25. The molecule has 0 heterocycles. The first kappa shape index (κ1) is 16.5. The summed E-state index contributed by atoms with van der Waals surface area (Å²) in [6.45, 7) is 0. The Morgan fingerprint density at radius 1 is 0.909 bits per heavy atom. The highest BCUT2D eigenvalue weighted by Gasteiger charge is 2.38. The molecule has 6 nitrogen and oxygen atoms in total. The van der Waals surface area contributed by atoms with Gasteiger partial charge >= 0.3 is 12.1 Å². The molecular formula is C13H6F3N5O. The molecular weight excluding hydrogens is 299 g/mol. The number of hydrogen-bond acceptors (Lipinski definition) is 5. The fraction of sp³-hybridized carbons (Fsp3) is 0.0769. The zero-order valence-corrected chi connectivity index (χ0v) is 10.7. The molecule has 0 aromatic heterocycles. The van der Waals surface area contributed by atoms with Crippen molar-refractivity contribution >= 4 is 17.3 Å². The highest BCUT2D eigenvalue weighted by atomic mass is 19.4. The molecule has 0 aliphatic heterocycles. The van der Waals surface area contributed by atoms with Crippen LogP contribution in [0.15, 0.2) is 35.5 Å². The van der Waals surface area contributed by atoms with Gasteiger partial charge in [-0.25, -0.2) is 0 Å². The maximum atomic E-state index is 12.1. The number of anilines is 2. The third kappa shape index (κ3) is 4.26. The van der Waals surface area contributed by atoms with E-state index in [1.54, 1.807) is 11.4 Å². The van der Waals surface area contributed by atoms with Crippen LogP contribution < -0.4 is 10.6 Å².